The van der Waals surface area contributed by atoms with Gasteiger partial charge in [0.2, 0.25) is 0 Å². The maximum atomic E-state index is 12.7. The topological polar surface area (TPSA) is 85.4 Å². The first-order valence-electron chi connectivity index (χ1n) is 10.3. The first-order chi connectivity index (χ1) is 15.3. The molecule has 1 aromatic carbocycles. The number of methoxy groups -OCH3 is 1. The van der Waals surface area contributed by atoms with Gasteiger partial charge in [-0.25, -0.2) is 0 Å². The number of hydrogen-bond donors (Lipinski definition) is 0. The van der Waals surface area contributed by atoms with Crippen LogP contribution in [-0.2, 0) is 19.1 Å². The molecule has 2 rings (SSSR count). The van der Waals surface area contributed by atoms with Crippen molar-refractivity contribution in [2.24, 2.45) is 0 Å². The molecule has 1 aliphatic rings. The average molecular weight is 481 g/mol. The molecule has 0 atom stereocenters. The molecule has 2 amide bonds. The first kappa shape index (κ1) is 25.7. The Morgan fingerprint density at radius 3 is 2.53 bits per heavy atom. The number of benzene rings is 1. The number of nitrogens with zero attached hydrogens (tertiary/aromatic N) is 2. The minimum absolute atomic E-state index is 0.0830. The molecule has 1 fully saturated rings. The van der Waals surface area contributed by atoms with Crippen LogP contribution >= 0.6 is 24.0 Å². The molecule has 10 heteroatoms. The monoisotopic (exact) mass is 480 g/mol. The summed E-state index contributed by atoms with van der Waals surface area (Å²) in [7, 11) is 1.51. The summed E-state index contributed by atoms with van der Waals surface area (Å²) in [6, 6.07) is 5.19. The van der Waals surface area contributed by atoms with Crippen molar-refractivity contribution in [3.63, 3.8) is 0 Å². The van der Waals surface area contributed by atoms with Gasteiger partial charge in [0.05, 0.1) is 25.0 Å². The normalized spacial score (nSPS) is 14.6. The lowest BCUT2D eigenvalue weighted by Gasteiger charge is -2.19. The third kappa shape index (κ3) is 6.70. The molecular formula is C22H28N2O6S2. The maximum absolute atomic E-state index is 12.7. The van der Waals surface area contributed by atoms with Crippen LogP contribution in [0.4, 0.5) is 0 Å². The van der Waals surface area contributed by atoms with Crippen molar-refractivity contribution >= 4 is 52.2 Å². The smallest absolute Gasteiger partial charge is 0.307 e. The van der Waals surface area contributed by atoms with Crippen LogP contribution in [0.5, 0.6) is 11.5 Å². The van der Waals surface area contributed by atoms with Gasteiger partial charge in [0.1, 0.15) is 4.32 Å². The van der Waals surface area contributed by atoms with Crippen LogP contribution in [0.1, 0.15) is 32.8 Å². The van der Waals surface area contributed by atoms with Gasteiger partial charge in [-0.2, -0.15) is 0 Å². The lowest BCUT2D eigenvalue weighted by Crippen LogP contribution is -2.34. The third-order valence-corrected chi connectivity index (χ3v) is 6.05. The second-order valence-corrected chi connectivity index (χ2v) is 8.33. The van der Waals surface area contributed by atoms with Gasteiger partial charge < -0.3 is 19.1 Å². The highest BCUT2D eigenvalue weighted by Crippen LogP contribution is 2.34. The summed E-state index contributed by atoms with van der Waals surface area (Å²) in [5.74, 6) is 0.155. The summed E-state index contributed by atoms with van der Waals surface area (Å²) in [6.07, 6.45) is 1.79. The van der Waals surface area contributed by atoms with Crippen molar-refractivity contribution in [2.75, 3.05) is 40.0 Å². The van der Waals surface area contributed by atoms with Gasteiger partial charge in [0.25, 0.3) is 11.8 Å². The van der Waals surface area contributed by atoms with Crippen LogP contribution < -0.4 is 9.47 Å². The van der Waals surface area contributed by atoms with Crippen molar-refractivity contribution < 1.29 is 28.6 Å². The molecule has 0 N–H and O–H groups in total. The van der Waals surface area contributed by atoms with E-state index in [4.69, 9.17) is 26.4 Å². The molecule has 1 saturated heterocycles. The zero-order valence-corrected chi connectivity index (χ0v) is 20.3. The highest BCUT2D eigenvalue weighted by molar-refractivity contribution is 8.26. The second kappa shape index (κ2) is 12.4. The Labute approximate surface area is 197 Å². The van der Waals surface area contributed by atoms with E-state index in [0.29, 0.717) is 40.4 Å². The molecule has 1 aromatic rings. The van der Waals surface area contributed by atoms with Crippen LogP contribution in [0.3, 0.4) is 0 Å². The Hall–Kier alpha value is -2.59. The van der Waals surface area contributed by atoms with Gasteiger partial charge in [0, 0.05) is 19.6 Å². The fraction of sp³-hybridized carbons (Fsp3) is 0.455. The molecule has 174 valence electrons. The van der Waals surface area contributed by atoms with Crippen molar-refractivity contribution in [1.29, 1.82) is 0 Å². The standard InChI is InChI=1S/C22H28N2O6S2/c1-5-23(6-2)19(25)14-30-16-9-8-15(12-17(16)28-4)13-18-21(27)24(22(31)32-18)11-10-20(26)29-7-3/h8-9,12-13H,5-7,10-11,14H2,1-4H3/b18-13+. The van der Waals surface area contributed by atoms with Crippen molar-refractivity contribution in [2.45, 2.75) is 27.2 Å². The first-order valence-corrected chi connectivity index (χ1v) is 11.6. The SMILES string of the molecule is CCOC(=O)CCN1C(=O)/C(=C\c2ccc(OCC(=O)N(CC)CC)c(OC)c2)SC1=S. The van der Waals surface area contributed by atoms with Gasteiger partial charge >= 0.3 is 5.97 Å². The minimum atomic E-state index is -0.370. The summed E-state index contributed by atoms with van der Waals surface area (Å²) in [5, 5.41) is 0. The van der Waals surface area contributed by atoms with Crippen LogP contribution in [0.15, 0.2) is 23.1 Å². The summed E-state index contributed by atoms with van der Waals surface area (Å²) >= 11 is 6.47. The molecular weight excluding hydrogens is 452 g/mol. The molecule has 0 spiro atoms. The number of amides is 2. The van der Waals surface area contributed by atoms with Gasteiger partial charge in [-0.05, 0) is 44.5 Å². The van der Waals surface area contributed by atoms with E-state index in [2.05, 4.69) is 0 Å². The Balaban J connectivity index is 2.09. The van der Waals surface area contributed by atoms with E-state index in [1.807, 2.05) is 13.8 Å². The summed E-state index contributed by atoms with van der Waals surface area (Å²) in [4.78, 5) is 40.0. The molecule has 8 nitrogen and oxygen atoms in total. The van der Waals surface area contributed by atoms with E-state index in [9.17, 15) is 14.4 Å². The molecule has 0 aliphatic carbocycles. The van der Waals surface area contributed by atoms with Crippen LogP contribution in [0.2, 0.25) is 0 Å². The number of carbonyl (C=O) groups is 3. The average Bonchev–Trinajstić information content (AvgIpc) is 3.04. The molecule has 0 aromatic heterocycles. The molecule has 1 heterocycles. The number of thioether (sulfide) groups is 1. The Morgan fingerprint density at radius 2 is 1.91 bits per heavy atom. The number of ether oxygens (including phenoxy) is 3. The number of likely N-dealkylation sites (N-methyl/N-ethyl adjacent to an activating group) is 1. The Bertz CT molecular complexity index is 898. The van der Waals surface area contributed by atoms with Crippen molar-refractivity contribution in [3.8, 4) is 11.5 Å². The van der Waals surface area contributed by atoms with Crippen molar-refractivity contribution in [1.82, 2.24) is 9.80 Å². The second-order valence-electron chi connectivity index (χ2n) is 6.65. The van der Waals surface area contributed by atoms with Crippen LogP contribution in [0.25, 0.3) is 6.08 Å². The molecule has 0 saturated carbocycles. The van der Waals surface area contributed by atoms with E-state index in [0.717, 1.165) is 5.56 Å². The third-order valence-electron chi connectivity index (χ3n) is 4.67. The highest BCUT2D eigenvalue weighted by atomic mass is 32.2. The molecule has 0 radical (unpaired) electrons. The highest BCUT2D eigenvalue weighted by Gasteiger charge is 2.32. The number of carbonyl (C=O) groups excluding carboxylic acids is 3. The largest absolute Gasteiger partial charge is 0.493 e. The van der Waals surface area contributed by atoms with Crippen molar-refractivity contribution in [3.05, 3.63) is 28.7 Å². The lowest BCUT2D eigenvalue weighted by molar-refractivity contribution is -0.143. The minimum Gasteiger partial charge on any atom is -0.493 e. The van der Waals surface area contributed by atoms with Gasteiger partial charge in [0.15, 0.2) is 18.1 Å². The quantitative estimate of drug-likeness (QED) is 0.271. The predicted octanol–water partition coefficient (Wildman–Crippen LogP) is 3.10. The van der Waals surface area contributed by atoms with Crippen LogP contribution in [-0.4, -0.2) is 71.9 Å². The number of thiocarbonyl (C=S) groups is 1. The van der Waals surface area contributed by atoms with E-state index < -0.39 is 0 Å². The summed E-state index contributed by atoms with van der Waals surface area (Å²) < 4.78 is 16.3. The van der Waals surface area contributed by atoms with Gasteiger partial charge in [-0.1, -0.05) is 30.0 Å². The lowest BCUT2D eigenvalue weighted by atomic mass is 10.2. The van der Waals surface area contributed by atoms with Crippen LogP contribution in [0, 0.1) is 0 Å². The summed E-state index contributed by atoms with van der Waals surface area (Å²) in [6.45, 7) is 7.18. The van der Waals surface area contributed by atoms with E-state index in [-0.39, 0.29) is 37.4 Å². The van der Waals surface area contributed by atoms with Gasteiger partial charge in [-0.3, -0.25) is 19.3 Å². The zero-order chi connectivity index (χ0) is 23.7. The number of hydrogen-bond acceptors (Lipinski definition) is 8. The number of esters is 1. The zero-order valence-electron chi connectivity index (χ0n) is 18.7. The Kier molecular flexibility index (Phi) is 9.98. The predicted molar refractivity (Wildman–Crippen MR) is 128 cm³/mol. The molecule has 0 unspecified atom stereocenters. The van der Waals surface area contributed by atoms with E-state index in [1.54, 1.807) is 36.1 Å². The summed E-state index contributed by atoms with van der Waals surface area (Å²) in [5.41, 5.74) is 0.718. The Morgan fingerprint density at radius 1 is 1.19 bits per heavy atom. The molecule has 1 aliphatic heterocycles. The van der Waals surface area contributed by atoms with E-state index in [1.165, 1.54) is 23.8 Å². The van der Waals surface area contributed by atoms with Gasteiger partial charge in [-0.15, -0.1) is 0 Å². The fourth-order valence-electron chi connectivity index (χ4n) is 2.98. The maximum Gasteiger partial charge on any atom is 0.307 e. The molecule has 32 heavy (non-hydrogen) atoms. The van der Waals surface area contributed by atoms with E-state index >= 15 is 0 Å². The number of rotatable bonds is 11. The molecule has 0 bridgehead atoms. The fourth-order valence-corrected chi connectivity index (χ4v) is 4.29.